The third-order valence-electron chi connectivity index (χ3n) is 3.34. The molecule has 24 heavy (non-hydrogen) atoms. The number of carboxylic acid groups (broad SMARTS) is 1. The standard InChI is InChI=1S/C17H14N2O5/c1-11(13-8-5-9-14(10-13)19(23)24)15(17(21)22)18-16(20)12-6-3-2-4-7-12/h2-10H,1H3,(H,18,20)(H,21,22)/p-1/b15-11+. The van der Waals surface area contributed by atoms with E-state index in [9.17, 15) is 24.8 Å². The summed E-state index contributed by atoms with van der Waals surface area (Å²) in [6.45, 7) is 1.44. The van der Waals surface area contributed by atoms with Gasteiger partial charge in [0, 0.05) is 17.7 Å². The van der Waals surface area contributed by atoms with Gasteiger partial charge in [-0.3, -0.25) is 14.9 Å². The van der Waals surface area contributed by atoms with Crippen molar-refractivity contribution in [1.82, 2.24) is 5.32 Å². The Bertz CT molecular complexity index is 828. The van der Waals surface area contributed by atoms with Crippen molar-refractivity contribution in [3.8, 4) is 0 Å². The molecule has 0 fully saturated rings. The highest BCUT2D eigenvalue weighted by Gasteiger charge is 2.14. The predicted octanol–water partition coefficient (Wildman–Crippen LogP) is 1.51. The monoisotopic (exact) mass is 325 g/mol. The molecule has 7 heteroatoms. The summed E-state index contributed by atoms with van der Waals surface area (Å²) in [7, 11) is 0. The largest absolute Gasteiger partial charge is 0.543 e. The molecule has 2 rings (SSSR count). The first-order chi connectivity index (χ1) is 11.4. The van der Waals surface area contributed by atoms with Gasteiger partial charge in [-0.15, -0.1) is 0 Å². The van der Waals surface area contributed by atoms with E-state index in [2.05, 4.69) is 5.32 Å². The first kappa shape index (κ1) is 16.9. The second-order valence-corrected chi connectivity index (χ2v) is 4.92. The van der Waals surface area contributed by atoms with Crippen LogP contribution in [0.25, 0.3) is 5.57 Å². The topological polar surface area (TPSA) is 112 Å². The molecule has 2 aromatic rings. The van der Waals surface area contributed by atoms with Crippen LogP contribution in [0.5, 0.6) is 0 Å². The van der Waals surface area contributed by atoms with Crippen molar-refractivity contribution in [3.63, 3.8) is 0 Å². The van der Waals surface area contributed by atoms with E-state index in [1.54, 1.807) is 18.2 Å². The molecular formula is C17H13N2O5-. The number of nitrogens with zero attached hydrogens (tertiary/aromatic N) is 1. The van der Waals surface area contributed by atoms with Crippen molar-refractivity contribution in [3.05, 3.63) is 81.5 Å². The fraction of sp³-hybridized carbons (Fsp3) is 0.0588. The predicted molar refractivity (Wildman–Crippen MR) is 84.6 cm³/mol. The average Bonchev–Trinajstić information content (AvgIpc) is 2.59. The Morgan fingerprint density at radius 3 is 2.21 bits per heavy atom. The maximum absolute atomic E-state index is 12.1. The van der Waals surface area contributed by atoms with Crippen LogP contribution < -0.4 is 10.4 Å². The quantitative estimate of drug-likeness (QED) is 0.508. The molecule has 0 unspecified atom stereocenters. The molecule has 0 aromatic heterocycles. The number of benzene rings is 2. The van der Waals surface area contributed by atoms with E-state index < -0.39 is 22.5 Å². The maximum Gasteiger partial charge on any atom is 0.270 e. The number of amides is 1. The van der Waals surface area contributed by atoms with Gasteiger partial charge < -0.3 is 15.2 Å². The molecule has 0 heterocycles. The summed E-state index contributed by atoms with van der Waals surface area (Å²) in [5, 5.41) is 24.5. The molecule has 0 saturated carbocycles. The number of nitro benzene ring substituents is 1. The lowest BCUT2D eigenvalue weighted by Gasteiger charge is -2.15. The van der Waals surface area contributed by atoms with Crippen LogP contribution in [0.15, 0.2) is 60.3 Å². The molecule has 2 aromatic carbocycles. The SMILES string of the molecule is C/C(=C(\NC(=O)c1ccccc1)C(=O)[O-])c1cccc([N+](=O)[O-])c1. The smallest absolute Gasteiger partial charge is 0.270 e. The van der Waals surface area contributed by atoms with Gasteiger partial charge in [-0.1, -0.05) is 30.3 Å². The number of carboxylic acids is 1. The highest BCUT2D eigenvalue weighted by molar-refractivity contribution is 6.03. The van der Waals surface area contributed by atoms with Crippen LogP contribution in [0.4, 0.5) is 5.69 Å². The molecule has 0 aliphatic heterocycles. The summed E-state index contributed by atoms with van der Waals surface area (Å²) in [5.74, 6) is -2.19. The molecule has 0 aliphatic rings. The number of nitrogens with one attached hydrogen (secondary N) is 1. The number of hydrogen-bond acceptors (Lipinski definition) is 5. The van der Waals surface area contributed by atoms with E-state index in [1.165, 1.54) is 43.3 Å². The van der Waals surface area contributed by atoms with Crippen LogP contribution in [0.2, 0.25) is 0 Å². The average molecular weight is 325 g/mol. The lowest BCUT2D eigenvalue weighted by Crippen LogP contribution is -2.36. The number of hydrogen-bond donors (Lipinski definition) is 1. The van der Waals surface area contributed by atoms with Crippen LogP contribution in [0.1, 0.15) is 22.8 Å². The summed E-state index contributed by atoms with van der Waals surface area (Å²) >= 11 is 0. The van der Waals surface area contributed by atoms with Crippen LogP contribution >= 0.6 is 0 Å². The third-order valence-corrected chi connectivity index (χ3v) is 3.34. The van der Waals surface area contributed by atoms with Crippen molar-refractivity contribution >= 4 is 23.1 Å². The zero-order valence-corrected chi connectivity index (χ0v) is 12.7. The summed E-state index contributed by atoms with van der Waals surface area (Å²) in [6.07, 6.45) is 0. The number of rotatable bonds is 5. The molecule has 0 aliphatic carbocycles. The highest BCUT2D eigenvalue weighted by Crippen LogP contribution is 2.22. The highest BCUT2D eigenvalue weighted by atomic mass is 16.6. The van der Waals surface area contributed by atoms with Gasteiger partial charge in [0.1, 0.15) is 0 Å². The summed E-state index contributed by atoms with van der Waals surface area (Å²) < 4.78 is 0. The molecule has 7 nitrogen and oxygen atoms in total. The summed E-state index contributed by atoms with van der Waals surface area (Å²) in [6, 6.07) is 13.5. The van der Waals surface area contributed by atoms with E-state index in [0.717, 1.165) is 0 Å². The summed E-state index contributed by atoms with van der Waals surface area (Å²) in [4.78, 5) is 33.8. The van der Waals surface area contributed by atoms with E-state index in [4.69, 9.17) is 0 Å². The maximum atomic E-state index is 12.1. The second-order valence-electron chi connectivity index (χ2n) is 4.92. The Labute approximate surface area is 137 Å². The van der Waals surface area contributed by atoms with Gasteiger partial charge in [-0.05, 0) is 30.2 Å². The van der Waals surface area contributed by atoms with Gasteiger partial charge in [0.25, 0.3) is 11.6 Å². The molecule has 0 spiro atoms. The van der Waals surface area contributed by atoms with Crippen LogP contribution in [0, 0.1) is 10.1 Å². The van der Waals surface area contributed by atoms with E-state index in [1.807, 2.05) is 0 Å². The number of nitro groups is 1. The van der Waals surface area contributed by atoms with E-state index in [-0.39, 0.29) is 16.8 Å². The molecule has 0 bridgehead atoms. The van der Waals surface area contributed by atoms with Gasteiger partial charge in [-0.25, -0.2) is 0 Å². The first-order valence-electron chi connectivity index (χ1n) is 6.93. The molecular weight excluding hydrogens is 312 g/mol. The fourth-order valence-corrected chi connectivity index (χ4v) is 2.07. The van der Waals surface area contributed by atoms with Crippen molar-refractivity contribution in [2.75, 3.05) is 0 Å². The second kappa shape index (κ2) is 7.19. The Balaban J connectivity index is 2.40. The Morgan fingerprint density at radius 1 is 1.00 bits per heavy atom. The number of non-ortho nitro benzene ring substituents is 1. The zero-order valence-electron chi connectivity index (χ0n) is 12.7. The first-order valence-corrected chi connectivity index (χ1v) is 6.93. The molecule has 1 N–H and O–H groups in total. The number of carbonyl (C=O) groups is 2. The minimum atomic E-state index is -1.58. The Kier molecular flexibility index (Phi) is 5.06. The number of aliphatic carboxylic acids is 1. The van der Waals surface area contributed by atoms with Crippen molar-refractivity contribution in [1.29, 1.82) is 0 Å². The lowest BCUT2D eigenvalue weighted by molar-refractivity contribution is -0.384. The fourth-order valence-electron chi connectivity index (χ4n) is 2.07. The van der Waals surface area contributed by atoms with Gasteiger partial charge in [0.05, 0.1) is 16.6 Å². The molecule has 0 atom stereocenters. The third kappa shape index (κ3) is 3.83. The number of allylic oxidation sites excluding steroid dienone is 1. The summed E-state index contributed by atoms with van der Waals surface area (Å²) in [5.41, 5.74) is 0.117. The van der Waals surface area contributed by atoms with Gasteiger partial charge in [0.15, 0.2) is 0 Å². The Hall–Kier alpha value is -3.48. The molecule has 1 amide bonds. The van der Waals surface area contributed by atoms with E-state index >= 15 is 0 Å². The van der Waals surface area contributed by atoms with Crippen LogP contribution in [-0.2, 0) is 4.79 Å². The van der Waals surface area contributed by atoms with Crippen LogP contribution in [-0.4, -0.2) is 16.8 Å². The van der Waals surface area contributed by atoms with Gasteiger partial charge >= 0.3 is 0 Å². The van der Waals surface area contributed by atoms with E-state index in [0.29, 0.717) is 5.56 Å². The van der Waals surface area contributed by atoms with Crippen molar-refractivity contribution < 1.29 is 19.6 Å². The van der Waals surface area contributed by atoms with Gasteiger partial charge in [0.2, 0.25) is 0 Å². The minimum absolute atomic E-state index is 0.156. The lowest BCUT2D eigenvalue weighted by atomic mass is 10.0. The number of carbonyl (C=O) groups excluding carboxylic acids is 2. The zero-order chi connectivity index (χ0) is 17.7. The molecule has 0 saturated heterocycles. The Morgan fingerprint density at radius 2 is 1.62 bits per heavy atom. The van der Waals surface area contributed by atoms with Crippen molar-refractivity contribution in [2.45, 2.75) is 6.92 Å². The normalized spacial score (nSPS) is 11.4. The van der Waals surface area contributed by atoms with Crippen molar-refractivity contribution in [2.24, 2.45) is 0 Å². The van der Waals surface area contributed by atoms with Crippen LogP contribution in [0.3, 0.4) is 0 Å². The molecule has 0 radical (unpaired) electrons. The van der Waals surface area contributed by atoms with Gasteiger partial charge in [-0.2, -0.15) is 0 Å². The molecule has 122 valence electrons. The minimum Gasteiger partial charge on any atom is -0.543 e.